The fourth-order valence-corrected chi connectivity index (χ4v) is 1.97. The maximum absolute atomic E-state index is 5.78. The van der Waals surface area contributed by atoms with Gasteiger partial charge in [-0.25, -0.2) is 4.99 Å². The van der Waals surface area contributed by atoms with Crippen molar-refractivity contribution in [2.24, 2.45) is 10.7 Å². The van der Waals surface area contributed by atoms with E-state index in [9.17, 15) is 0 Å². The van der Waals surface area contributed by atoms with Gasteiger partial charge in [-0.15, -0.1) is 24.0 Å². The zero-order valence-electron chi connectivity index (χ0n) is 12.4. The maximum Gasteiger partial charge on any atom is 0.189 e. The van der Waals surface area contributed by atoms with Gasteiger partial charge in [0.05, 0.1) is 6.54 Å². The van der Waals surface area contributed by atoms with Crippen LogP contribution in [-0.2, 0) is 6.54 Å². The molecule has 0 fully saturated rings. The highest BCUT2D eigenvalue weighted by Crippen LogP contribution is 2.17. The molecule has 0 atom stereocenters. The van der Waals surface area contributed by atoms with E-state index < -0.39 is 0 Å². The number of nitrogens with one attached hydrogen (secondary N) is 1. The van der Waals surface area contributed by atoms with Gasteiger partial charge >= 0.3 is 0 Å². The second-order valence-corrected chi connectivity index (χ2v) is 5.05. The smallest absolute Gasteiger partial charge is 0.189 e. The minimum absolute atomic E-state index is 0. The van der Waals surface area contributed by atoms with Crippen molar-refractivity contribution < 1.29 is 0 Å². The monoisotopic (exact) mass is 398 g/mol. The minimum atomic E-state index is 0. The number of rotatable bonds is 5. The van der Waals surface area contributed by atoms with Crippen molar-refractivity contribution in [3.05, 3.63) is 54.1 Å². The third kappa shape index (κ3) is 5.79. The van der Waals surface area contributed by atoms with Crippen LogP contribution >= 0.6 is 24.0 Å². The number of halogens is 1. The van der Waals surface area contributed by atoms with Gasteiger partial charge in [0.1, 0.15) is 0 Å². The van der Waals surface area contributed by atoms with Gasteiger partial charge in [0.15, 0.2) is 5.96 Å². The Hall–Kier alpha value is -1.50. The van der Waals surface area contributed by atoms with E-state index in [2.05, 4.69) is 58.2 Å². The van der Waals surface area contributed by atoms with Gasteiger partial charge in [-0.3, -0.25) is 0 Å². The lowest BCUT2D eigenvalue weighted by Crippen LogP contribution is -2.32. The predicted octanol–water partition coefficient (Wildman–Crippen LogP) is 2.66. The summed E-state index contributed by atoms with van der Waals surface area (Å²) in [7, 11) is 0. The highest BCUT2D eigenvalue weighted by Gasteiger charge is 2.06. The first-order valence-electron chi connectivity index (χ1n) is 6.82. The molecule has 0 amide bonds. The van der Waals surface area contributed by atoms with E-state index in [0.717, 1.165) is 24.2 Å². The Morgan fingerprint density at radius 2 is 1.90 bits per heavy atom. The van der Waals surface area contributed by atoms with Crippen LogP contribution in [0.1, 0.15) is 12.5 Å². The SMILES string of the molecule is C=C(C)CNC(N)=NCc1ccc(N2CC=CC2)cc1.I. The van der Waals surface area contributed by atoms with Crippen molar-refractivity contribution in [3.63, 3.8) is 0 Å². The highest BCUT2D eigenvalue weighted by molar-refractivity contribution is 14.0. The first kappa shape index (κ1) is 17.6. The molecule has 3 N–H and O–H groups in total. The van der Waals surface area contributed by atoms with Crippen LogP contribution in [0.15, 0.2) is 53.6 Å². The summed E-state index contributed by atoms with van der Waals surface area (Å²) in [5, 5.41) is 3.02. The number of nitrogens with two attached hydrogens (primary N) is 1. The second kappa shape index (κ2) is 8.71. The summed E-state index contributed by atoms with van der Waals surface area (Å²) in [6.45, 7) is 9.00. The summed E-state index contributed by atoms with van der Waals surface area (Å²) in [4.78, 5) is 6.63. The van der Waals surface area contributed by atoms with Crippen LogP contribution in [0.5, 0.6) is 0 Å². The van der Waals surface area contributed by atoms with Crippen LogP contribution in [0.3, 0.4) is 0 Å². The molecule has 0 unspecified atom stereocenters. The molecular weight excluding hydrogens is 375 g/mol. The summed E-state index contributed by atoms with van der Waals surface area (Å²) in [6.07, 6.45) is 4.37. The summed E-state index contributed by atoms with van der Waals surface area (Å²) in [6, 6.07) is 8.47. The summed E-state index contributed by atoms with van der Waals surface area (Å²) in [5.41, 5.74) is 9.21. The second-order valence-electron chi connectivity index (χ2n) is 5.05. The van der Waals surface area contributed by atoms with Crippen molar-refractivity contribution >= 4 is 35.6 Å². The molecule has 0 radical (unpaired) electrons. The van der Waals surface area contributed by atoms with E-state index in [1.54, 1.807) is 0 Å². The van der Waals surface area contributed by atoms with E-state index in [1.165, 1.54) is 5.69 Å². The highest BCUT2D eigenvalue weighted by atomic mass is 127. The van der Waals surface area contributed by atoms with Crippen molar-refractivity contribution in [1.82, 2.24) is 5.32 Å². The average molecular weight is 398 g/mol. The quantitative estimate of drug-likeness (QED) is 0.347. The van der Waals surface area contributed by atoms with Crippen molar-refractivity contribution in [3.8, 4) is 0 Å². The van der Waals surface area contributed by atoms with Gasteiger partial charge in [-0.2, -0.15) is 0 Å². The Bertz CT molecular complexity index is 512. The van der Waals surface area contributed by atoms with E-state index in [-0.39, 0.29) is 24.0 Å². The molecule has 1 aromatic carbocycles. The molecular formula is C16H23IN4. The molecule has 1 aromatic rings. The largest absolute Gasteiger partial charge is 0.370 e. The molecule has 21 heavy (non-hydrogen) atoms. The zero-order chi connectivity index (χ0) is 14.4. The lowest BCUT2D eigenvalue weighted by molar-refractivity contribution is 0.939. The summed E-state index contributed by atoms with van der Waals surface area (Å²) >= 11 is 0. The number of guanidine groups is 1. The van der Waals surface area contributed by atoms with E-state index in [1.807, 2.05) is 6.92 Å². The molecule has 5 heteroatoms. The van der Waals surface area contributed by atoms with Crippen LogP contribution in [-0.4, -0.2) is 25.6 Å². The van der Waals surface area contributed by atoms with Gasteiger partial charge in [0.2, 0.25) is 0 Å². The van der Waals surface area contributed by atoms with Crippen molar-refractivity contribution in [2.45, 2.75) is 13.5 Å². The summed E-state index contributed by atoms with van der Waals surface area (Å²) < 4.78 is 0. The van der Waals surface area contributed by atoms with Crippen LogP contribution in [0.25, 0.3) is 0 Å². The van der Waals surface area contributed by atoms with Gasteiger partial charge in [-0.1, -0.05) is 36.4 Å². The molecule has 2 rings (SSSR count). The molecule has 4 nitrogen and oxygen atoms in total. The number of benzene rings is 1. The van der Waals surface area contributed by atoms with Gasteiger partial charge in [-0.05, 0) is 24.6 Å². The number of nitrogens with zero attached hydrogens (tertiary/aromatic N) is 2. The molecule has 0 aliphatic carbocycles. The molecule has 0 saturated carbocycles. The van der Waals surface area contributed by atoms with E-state index >= 15 is 0 Å². The predicted molar refractivity (Wildman–Crippen MR) is 101 cm³/mol. The fourth-order valence-electron chi connectivity index (χ4n) is 1.97. The Morgan fingerprint density at radius 3 is 2.48 bits per heavy atom. The van der Waals surface area contributed by atoms with Crippen molar-refractivity contribution in [1.29, 1.82) is 0 Å². The number of hydrogen-bond donors (Lipinski definition) is 2. The standard InChI is InChI=1S/C16H22N4.HI/c1-13(2)11-18-16(17)19-12-14-5-7-15(8-6-14)20-9-3-4-10-20;/h3-8H,1,9-12H2,2H3,(H3,17,18,19);1H. The molecule has 1 aliphatic heterocycles. The van der Waals surface area contributed by atoms with Crippen LogP contribution in [0.2, 0.25) is 0 Å². The third-order valence-electron chi connectivity index (χ3n) is 3.12. The van der Waals surface area contributed by atoms with Gasteiger partial charge < -0.3 is 16.0 Å². The lowest BCUT2D eigenvalue weighted by Gasteiger charge is -2.17. The lowest BCUT2D eigenvalue weighted by atomic mass is 10.2. The van der Waals surface area contributed by atoms with Crippen LogP contribution in [0, 0.1) is 0 Å². The van der Waals surface area contributed by atoms with E-state index in [4.69, 9.17) is 5.73 Å². The Morgan fingerprint density at radius 1 is 1.29 bits per heavy atom. The molecule has 0 bridgehead atoms. The minimum Gasteiger partial charge on any atom is -0.370 e. The first-order valence-corrected chi connectivity index (χ1v) is 6.82. The fraction of sp³-hybridized carbons (Fsp3) is 0.312. The van der Waals surface area contributed by atoms with Crippen molar-refractivity contribution in [2.75, 3.05) is 24.5 Å². The number of hydrogen-bond acceptors (Lipinski definition) is 2. The molecule has 1 heterocycles. The molecule has 1 aliphatic rings. The zero-order valence-corrected chi connectivity index (χ0v) is 14.7. The number of aliphatic imine (C=N–C) groups is 1. The number of anilines is 1. The first-order chi connectivity index (χ1) is 9.65. The van der Waals surface area contributed by atoms with Gasteiger partial charge in [0.25, 0.3) is 0 Å². The Labute approximate surface area is 143 Å². The maximum atomic E-state index is 5.78. The topological polar surface area (TPSA) is 53.6 Å². The molecule has 0 spiro atoms. The third-order valence-corrected chi connectivity index (χ3v) is 3.12. The Kier molecular flexibility index (Phi) is 7.28. The van der Waals surface area contributed by atoms with E-state index in [0.29, 0.717) is 19.0 Å². The molecule has 114 valence electrons. The average Bonchev–Trinajstić information content (AvgIpc) is 2.97. The van der Waals surface area contributed by atoms with Gasteiger partial charge in [0, 0.05) is 25.3 Å². The molecule has 0 aromatic heterocycles. The normalized spacial score (nSPS) is 14.0. The molecule has 0 saturated heterocycles. The van der Waals surface area contributed by atoms with Crippen LogP contribution in [0.4, 0.5) is 5.69 Å². The summed E-state index contributed by atoms with van der Waals surface area (Å²) in [5.74, 6) is 0.459. The Balaban J connectivity index is 0.00000220. The van der Waals surface area contributed by atoms with Crippen LogP contribution < -0.4 is 16.0 Å².